The molecule has 0 rings (SSSR count). The molecular weight excluding hydrogens is 206 g/mol. The van der Waals surface area contributed by atoms with E-state index in [4.69, 9.17) is 9.29 Å². The average molecular weight is 223 g/mol. The number of unbranched alkanes of at least 4 members (excludes halogenated alkanes) is 1. The number of ether oxygens (including phenoxy) is 1. The third-order valence-corrected chi connectivity index (χ3v) is 2.56. The molecule has 1 unspecified atom stereocenters. The van der Waals surface area contributed by atoms with Crippen molar-refractivity contribution in [1.82, 2.24) is 4.31 Å². The molecule has 0 saturated carbocycles. The molecule has 5 nitrogen and oxygen atoms in total. The second-order valence-electron chi connectivity index (χ2n) is 2.80. The number of rotatable bonds is 7. The highest BCUT2D eigenvalue weighted by molar-refractivity contribution is 7.76. The van der Waals surface area contributed by atoms with E-state index in [1.807, 2.05) is 6.92 Å². The minimum absolute atomic E-state index is 0.289. The SMILES string of the molecule is CCN(CCCCOC(C)=O)S(=O)O. The van der Waals surface area contributed by atoms with E-state index in [-0.39, 0.29) is 5.97 Å². The van der Waals surface area contributed by atoms with E-state index in [1.54, 1.807) is 0 Å². The summed E-state index contributed by atoms with van der Waals surface area (Å²) in [5.41, 5.74) is 0. The monoisotopic (exact) mass is 223 g/mol. The highest BCUT2D eigenvalue weighted by Gasteiger charge is 2.06. The molecule has 0 heterocycles. The third kappa shape index (κ3) is 6.99. The number of carbonyl (C=O) groups is 1. The van der Waals surface area contributed by atoms with Crippen LogP contribution in [0, 0.1) is 0 Å². The van der Waals surface area contributed by atoms with Crippen LogP contribution in [0.2, 0.25) is 0 Å². The van der Waals surface area contributed by atoms with Gasteiger partial charge in [-0.1, -0.05) is 6.92 Å². The molecular formula is C8H17NO4S. The van der Waals surface area contributed by atoms with Gasteiger partial charge in [-0.05, 0) is 12.8 Å². The number of carbonyl (C=O) groups excluding carboxylic acids is 1. The molecule has 84 valence electrons. The van der Waals surface area contributed by atoms with Crippen molar-refractivity contribution in [2.45, 2.75) is 26.7 Å². The predicted molar refractivity (Wildman–Crippen MR) is 53.9 cm³/mol. The van der Waals surface area contributed by atoms with Crippen LogP contribution in [0.15, 0.2) is 0 Å². The van der Waals surface area contributed by atoms with E-state index in [9.17, 15) is 9.00 Å². The van der Waals surface area contributed by atoms with Crippen molar-refractivity contribution >= 4 is 17.2 Å². The fourth-order valence-electron chi connectivity index (χ4n) is 0.953. The molecule has 0 bridgehead atoms. The van der Waals surface area contributed by atoms with Gasteiger partial charge >= 0.3 is 5.97 Å². The topological polar surface area (TPSA) is 66.8 Å². The van der Waals surface area contributed by atoms with Gasteiger partial charge in [-0.3, -0.25) is 9.35 Å². The summed E-state index contributed by atoms with van der Waals surface area (Å²) in [4.78, 5) is 10.4. The average Bonchev–Trinajstić information content (AvgIpc) is 2.10. The van der Waals surface area contributed by atoms with Crippen LogP contribution in [0.25, 0.3) is 0 Å². The summed E-state index contributed by atoms with van der Waals surface area (Å²) in [6.45, 7) is 4.64. The van der Waals surface area contributed by atoms with Gasteiger partial charge in [0.2, 0.25) is 11.3 Å². The molecule has 0 aromatic heterocycles. The van der Waals surface area contributed by atoms with Gasteiger partial charge in [-0.15, -0.1) is 0 Å². The van der Waals surface area contributed by atoms with Crippen LogP contribution < -0.4 is 0 Å². The highest BCUT2D eigenvalue weighted by atomic mass is 32.2. The van der Waals surface area contributed by atoms with Gasteiger partial charge < -0.3 is 4.74 Å². The normalized spacial score (nSPS) is 12.9. The molecule has 14 heavy (non-hydrogen) atoms. The van der Waals surface area contributed by atoms with Gasteiger partial charge in [0.1, 0.15) is 0 Å². The van der Waals surface area contributed by atoms with E-state index in [0.717, 1.165) is 6.42 Å². The summed E-state index contributed by atoms with van der Waals surface area (Å²) in [7, 11) is 0. The van der Waals surface area contributed by atoms with Crippen LogP contribution in [0.1, 0.15) is 26.7 Å². The minimum Gasteiger partial charge on any atom is -0.466 e. The van der Waals surface area contributed by atoms with E-state index < -0.39 is 11.3 Å². The first-order valence-corrected chi connectivity index (χ1v) is 5.63. The lowest BCUT2D eigenvalue weighted by atomic mass is 10.3. The molecule has 0 aromatic carbocycles. The van der Waals surface area contributed by atoms with Crippen molar-refractivity contribution in [3.63, 3.8) is 0 Å². The van der Waals surface area contributed by atoms with Gasteiger partial charge in [0.25, 0.3) is 0 Å². The molecule has 0 spiro atoms. The van der Waals surface area contributed by atoms with Crippen molar-refractivity contribution in [2.75, 3.05) is 19.7 Å². The van der Waals surface area contributed by atoms with Crippen molar-refractivity contribution < 1.29 is 18.3 Å². The number of esters is 1. The standard InChI is InChI=1S/C8H17NO4S/c1-3-9(14(11)12)6-4-5-7-13-8(2)10/h3-7H2,1-2H3,(H,11,12). The number of hydrogen-bond acceptors (Lipinski definition) is 3. The zero-order chi connectivity index (χ0) is 11.0. The molecule has 0 radical (unpaired) electrons. The van der Waals surface area contributed by atoms with Gasteiger partial charge in [0.05, 0.1) is 6.61 Å². The number of hydrogen-bond donors (Lipinski definition) is 1. The Morgan fingerprint density at radius 3 is 2.57 bits per heavy atom. The molecule has 0 fully saturated rings. The predicted octanol–water partition coefficient (Wildman–Crippen LogP) is 0.788. The maximum Gasteiger partial charge on any atom is 0.302 e. The second-order valence-corrected chi connectivity index (χ2v) is 3.78. The van der Waals surface area contributed by atoms with Gasteiger partial charge in [-0.2, -0.15) is 0 Å². The molecule has 0 aliphatic carbocycles. The number of nitrogens with zero attached hydrogens (tertiary/aromatic N) is 1. The van der Waals surface area contributed by atoms with Gasteiger partial charge in [-0.25, -0.2) is 8.51 Å². The van der Waals surface area contributed by atoms with E-state index >= 15 is 0 Å². The van der Waals surface area contributed by atoms with E-state index in [1.165, 1.54) is 11.2 Å². The fourth-order valence-corrected chi connectivity index (χ4v) is 1.46. The van der Waals surface area contributed by atoms with Crippen molar-refractivity contribution in [1.29, 1.82) is 0 Å². The highest BCUT2D eigenvalue weighted by Crippen LogP contribution is 1.98. The van der Waals surface area contributed by atoms with Crippen LogP contribution in [0.5, 0.6) is 0 Å². The Labute approximate surface area is 86.8 Å². The Bertz CT molecular complexity index is 198. The summed E-state index contributed by atoms with van der Waals surface area (Å²) >= 11 is -1.89. The van der Waals surface area contributed by atoms with Crippen molar-refractivity contribution in [2.24, 2.45) is 0 Å². The molecule has 0 aliphatic rings. The van der Waals surface area contributed by atoms with Gasteiger partial charge in [0.15, 0.2) is 0 Å². The smallest absolute Gasteiger partial charge is 0.302 e. The molecule has 6 heteroatoms. The summed E-state index contributed by atoms with van der Waals surface area (Å²) in [5.74, 6) is -0.289. The maximum atomic E-state index is 10.7. The summed E-state index contributed by atoms with van der Waals surface area (Å²) in [6.07, 6.45) is 1.46. The molecule has 0 saturated heterocycles. The third-order valence-electron chi connectivity index (χ3n) is 1.68. The molecule has 1 N–H and O–H groups in total. The van der Waals surface area contributed by atoms with Crippen molar-refractivity contribution in [3.05, 3.63) is 0 Å². The molecule has 0 aromatic rings. The van der Waals surface area contributed by atoms with Crippen LogP contribution >= 0.6 is 0 Å². The summed E-state index contributed by atoms with van der Waals surface area (Å²) < 4.78 is 25.6. The van der Waals surface area contributed by atoms with Crippen molar-refractivity contribution in [3.8, 4) is 0 Å². The lowest BCUT2D eigenvalue weighted by molar-refractivity contribution is -0.141. The summed E-state index contributed by atoms with van der Waals surface area (Å²) in [5, 5.41) is 0. The van der Waals surface area contributed by atoms with E-state index in [2.05, 4.69) is 0 Å². The fraction of sp³-hybridized carbons (Fsp3) is 0.875. The van der Waals surface area contributed by atoms with Crippen LogP contribution in [-0.2, 0) is 20.8 Å². The molecule has 0 aliphatic heterocycles. The maximum absolute atomic E-state index is 10.7. The van der Waals surface area contributed by atoms with E-state index in [0.29, 0.717) is 26.1 Å². The largest absolute Gasteiger partial charge is 0.466 e. The summed E-state index contributed by atoms with van der Waals surface area (Å²) in [6, 6.07) is 0. The Hall–Kier alpha value is -0.460. The quantitative estimate of drug-likeness (QED) is 0.393. The first-order chi connectivity index (χ1) is 6.57. The zero-order valence-electron chi connectivity index (χ0n) is 8.56. The van der Waals surface area contributed by atoms with Crippen LogP contribution in [0.4, 0.5) is 0 Å². The second kappa shape index (κ2) is 7.90. The zero-order valence-corrected chi connectivity index (χ0v) is 9.38. The lowest BCUT2D eigenvalue weighted by Gasteiger charge is -2.14. The lowest BCUT2D eigenvalue weighted by Crippen LogP contribution is -2.26. The Morgan fingerprint density at radius 2 is 2.14 bits per heavy atom. The Kier molecular flexibility index (Phi) is 7.64. The Balaban J connectivity index is 3.42. The first-order valence-electron chi connectivity index (χ1n) is 4.57. The molecule has 1 atom stereocenters. The van der Waals surface area contributed by atoms with Crippen LogP contribution in [-0.4, -0.2) is 38.7 Å². The Morgan fingerprint density at radius 1 is 1.50 bits per heavy atom. The molecule has 0 amide bonds. The van der Waals surface area contributed by atoms with Gasteiger partial charge in [0, 0.05) is 20.0 Å². The van der Waals surface area contributed by atoms with Crippen LogP contribution in [0.3, 0.4) is 0 Å². The first kappa shape index (κ1) is 13.5. The minimum atomic E-state index is -1.89.